The maximum atomic E-state index is 12.6. The Morgan fingerprint density at radius 2 is 1.96 bits per heavy atom. The second kappa shape index (κ2) is 7.12. The fourth-order valence-corrected chi connectivity index (χ4v) is 3.71. The van der Waals surface area contributed by atoms with E-state index in [-0.39, 0.29) is 11.7 Å². The van der Waals surface area contributed by atoms with Crippen molar-refractivity contribution in [3.05, 3.63) is 57.1 Å². The van der Waals surface area contributed by atoms with Gasteiger partial charge in [0.25, 0.3) is 0 Å². The SMILES string of the molecule is CCC(c1cccc(N)c1)c1c(O)c2c(oc1=O)CCCCCC2. The van der Waals surface area contributed by atoms with Crippen molar-refractivity contribution in [3.8, 4) is 5.75 Å². The highest BCUT2D eigenvalue weighted by molar-refractivity contribution is 5.49. The standard InChI is InChI=1S/C20H25NO3/c1-2-15(13-8-7-9-14(21)12-13)18-19(22)16-10-5-3-4-6-11-17(16)24-20(18)23/h7-9,12,15,22H,2-6,10-11,21H2,1H3. The monoisotopic (exact) mass is 327 g/mol. The number of aryl methyl sites for hydroxylation is 1. The smallest absolute Gasteiger partial charge is 0.343 e. The summed E-state index contributed by atoms with van der Waals surface area (Å²) in [6.45, 7) is 2.00. The largest absolute Gasteiger partial charge is 0.507 e. The van der Waals surface area contributed by atoms with E-state index in [9.17, 15) is 9.90 Å². The Hall–Kier alpha value is -2.23. The van der Waals surface area contributed by atoms with Crippen LogP contribution in [0.25, 0.3) is 0 Å². The Balaban J connectivity index is 2.12. The Morgan fingerprint density at radius 1 is 1.21 bits per heavy atom. The third-order valence-electron chi connectivity index (χ3n) is 4.96. The van der Waals surface area contributed by atoms with Crippen molar-refractivity contribution >= 4 is 5.69 Å². The van der Waals surface area contributed by atoms with Gasteiger partial charge in [0.05, 0.1) is 5.56 Å². The number of aromatic hydroxyl groups is 1. The third kappa shape index (κ3) is 3.18. The number of rotatable bonds is 3. The van der Waals surface area contributed by atoms with Gasteiger partial charge in [-0.2, -0.15) is 0 Å². The topological polar surface area (TPSA) is 76.5 Å². The molecule has 2 aromatic rings. The van der Waals surface area contributed by atoms with Gasteiger partial charge in [-0.25, -0.2) is 4.79 Å². The molecular weight excluding hydrogens is 302 g/mol. The minimum absolute atomic E-state index is 0.137. The Labute approximate surface area is 142 Å². The number of benzene rings is 1. The third-order valence-corrected chi connectivity index (χ3v) is 4.96. The Morgan fingerprint density at radius 3 is 2.67 bits per heavy atom. The molecule has 24 heavy (non-hydrogen) atoms. The van der Waals surface area contributed by atoms with Gasteiger partial charge in [0.1, 0.15) is 11.5 Å². The summed E-state index contributed by atoms with van der Waals surface area (Å²) < 4.78 is 5.63. The first-order valence-electron chi connectivity index (χ1n) is 8.85. The van der Waals surface area contributed by atoms with Crippen LogP contribution in [-0.2, 0) is 12.8 Å². The van der Waals surface area contributed by atoms with Crippen LogP contribution in [-0.4, -0.2) is 5.11 Å². The second-order valence-electron chi connectivity index (χ2n) is 6.60. The second-order valence-corrected chi connectivity index (χ2v) is 6.60. The molecule has 1 heterocycles. The molecule has 1 unspecified atom stereocenters. The lowest BCUT2D eigenvalue weighted by Crippen LogP contribution is -2.17. The van der Waals surface area contributed by atoms with E-state index in [1.165, 1.54) is 0 Å². The molecule has 4 heteroatoms. The molecular formula is C20H25NO3. The van der Waals surface area contributed by atoms with Gasteiger partial charge in [0.15, 0.2) is 0 Å². The maximum absolute atomic E-state index is 12.6. The molecule has 0 radical (unpaired) electrons. The maximum Gasteiger partial charge on any atom is 0.343 e. The van der Waals surface area contributed by atoms with Gasteiger partial charge in [-0.1, -0.05) is 31.9 Å². The van der Waals surface area contributed by atoms with Crippen LogP contribution < -0.4 is 11.4 Å². The molecule has 1 atom stereocenters. The summed E-state index contributed by atoms with van der Waals surface area (Å²) >= 11 is 0. The molecule has 1 aromatic carbocycles. The molecule has 0 spiro atoms. The molecule has 128 valence electrons. The molecule has 0 aliphatic heterocycles. The summed E-state index contributed by atoms with van der Waals surface area (Å²) in [6, 6.07) is 7.50. The van der Waals surface area contributed by atoms with E-state index in [2.05, 4.69) is 0 Å². The summed E-state index contributed by atoms with van der Waals surface area (Å²) in [5.74, 6) is 0.598. The first-order chi connectivity index (χ1) is 11.6. The van der Waals surface area contributed by atoms with Gasteiger partial charge in [-0.05, 0) is 43.4 Å². The molecule has 0 bridgehead atoms. The first kappa shape index (κ1) is 16.6. The number of nitrogen functional groups attached to an aromatic ring is 1. The van der Waals surface area contributed by atoms with Crippen molar-refractivity contribution < 1.29 is 9.52 Å². The van der Waals surface area contributed by atoms with Crippen LogP contribution in [0.15, 0.2) is 33.5 Å². The molecule has 1 aliphatic carbocycles. The average molecular weight is 327 g/mol. The number of nitrogens with two attached hydrogens (primary N) is 1. The van der Waals surface area contributed by atoms with Crippen LogP contribution in [0.4, 0.5) is 5.69 Å². The van der Waals surface area contributed by atoms with Crippen molar-refractivity contribution in [1.82, 2.24) is 0 Å². The molecule has 1 aliphatic rings. The summed E-state index contributed by atoms with van der Waals surface area (Å²) in [5, 5.41) is 10.9. The van der Waals surface area contributed by atoms with Crippen molar-refractivity contribution in [3.63, 3.8) is 0 Å². The lowest BCUT2D eigenvalue weighted by Gasteiger charge is -2.20. The molecule has 0 saturated carbocycles. The molecule has 0 fully saturated rings. The first-order valence-corrected chi connectivity index (χ1v) is 8.85. The minimum Gasteiger partial charge on any atom is -0.507 e. The summed E-state index contributed by atoms with van der Waals surface area (Å²) in [6.07, 6.45) is 6.51. The normalized spacial score (nSPS) is 16.0. The predicted octanol–water partition coefficient (Wildman–Crippen LogP) is 4.13. The van der Waals surface area contributed by atoms with Crippen molar-refractivity contribution in [2.45, 2.75) is 57.8 Å². The van der Waals surface area contributed by atoms with E-state index < -0.39 is 5.63 Å². The minimum atomic E-state index is -0.416. The van der Waals surface area contributed by atoms with Crippen LogP contribution in [0.3, 0.4) is 0 Å². The summed E-state index contributed by atoms with van der Waals surface area (Å²) in [4.78, 5) is 12.6. The highest BCUT2D eigenvalue weighted by atomic mass is 16.4. The van der Waals surface area contributed by atoms with Crippen molar-refractivity contribution in [2.75, 3.05) is 5.73 Å². The fraction of sp³-hybridized carbons (Fsp3) is 0.450. The Kier molecular flexibility index (Phi) is 4.93. The van der Waals surface area contributed by atoms with Gasteiger partial charge in [0.2, 0.25) is 0 Å². The number of hydrogen-bond donors (Lipinski definition) is 2. The molecule has 1 aromatic heterocycles. The average Bonchev–Trinajstić information content (AvgIpc) is 2.53. The molecule has 4 nitrogen and oxygen atoms in total. The zero-order valence-electron chi connectivity index (χ0n) is 14.2. The van der Waals surface area contributed by atoms with Gasteiger partial charge in [0, 0.05) is 23.6 Å². The zero-order chi connectivity index (χ0) is 17.1. The molecule has 3 rings (SSSR count). The number of hydrogen-bond acceptors (Lipinski definition) is 4. The van der Waals surface area contributed by atoms with Crippen molar-refractivity contribution in [2.24, 2.45) is 0 Å². The van der Waals surface area contributed by atoms with Crippen LogP contribution in [0.1, 0.15) is 67.4 Å². The summed E-state index contributed by atoms with van der Waals surface area (Å²) in [5.41, 5.74) is 8.27. The predicted molar refractivity (Wildman–Crippen MR) is 95.5 cm³/mol. The fourth-order valence-electron chi connectivity index (χ4n) is 3.71. The van der Waals surface area contributed by atoms with E-state index >= 15 is 0 Å². The molecule has 0 amide bonds. The van der Waals surface area contributed by atoms with E-state index in [4.69, 9.17) is 10.2 Å². The highest BCUT2D eigenvalue weighted by Gasteiger charge is 2.26. The summed E-state index contributed by atoms with van der Waals surface area (Å²) in [7, 11) is 0. The lowest BCUT2D eigenvalue weighted by molar-refractivity contribution is 0.384. The van der Waals surface area contributed by atoms with E-state index in [0.717, 1.165) is 49.7 Å². The Bertz CT molecular complexity index is 779. The lowest BCUT2D eigenvalue weighted by atomic mass is 9.87. The van der Waals surface area contributed by atoms with Gasteiger partial charge < -0.3 is 15.3 Å². The number of fused-ring (bicyclic) bond motifs is 1. The number of anilines is 1. The van der Waals surface area contributed by atoms with Crippen LogP contribution >= 0.6 is 0 Å². The van der Waals surface area contributed by atoms with Crippen LogP contribution in [0.5, 0.6) is 5.75 Å². The van der Waals surface area contributed by atoms with Gasteiger partial charge in [-0.15, -0.1) is 0 Å². The highest BCUT2D eigenvalue weighted by Crippen LogP contribution is 2.37. The van der Waals surface area contributed by atoms with E-state index in [1.54, 1.807) is 0 Å². The van der Waals surface area contributed by atoms with Crippen LogP contribution in [0.2, 0.25) is 0 Å². The van der Waals surface area contributed by atoms with Gasteiger partial charge in [-0.3, -0.25) is 0 Å². The van der Waals surface area contributed by atoms with Crippen LogP contribution in [0, 0.1) is 0 Å². The van der Waals surface area contributed by atoms with Crippen molar-refractivity contribution in [1.29, 1.82) is 0 Å². The van der Waals surface area contributed by atoms with Gasteiger partial charge >= 0.3 is 5.63 Å². The quantitative estimate of drug-likeness (QED) is 0.831. The molecule has 3 N–H and O–H groups in total. The molecule has 0 saturated heterocycles. The van der Waals surface area contributed by atoms with E-state index in [0.29, 0.717) is 23.4 Å². The zero-order valence-corrected chi connectivity index (χ0v) is 14.2. The van der Waals surface area contributed by atoms with E-state index in [1.807, 2.05) is 31.2 Å².